The van der Waals surface area contributed by atoms with E-state index >= 15 is 0 Å². The number of rotatable bonds is 4. The number of benzene rings is 1. The summed E-state index contributed by atoms with van der Waals surface area (Å²) in [5.41, 5.74) is 5.44. The second-order valence-electron chi connectivity index (χ2n) is 6.37. The molecule has 25 heavy (non-hydrogen) atoms. The lowest BCUT2D eigenvalue weighted by Crippen LogP contribution is -2.30. The van der Waals surface area contributed by atoms with Gasteiger partial charge in [-0.25, -0.2) is 4.98 Å². The Kier molecular flexibility index (Phi) is 3.68. The molecule has 0 aliphatic heterocycles. The average Bonchev–Trinajstić information content (AvgIpc) is 3.29. The Morgan fingerprint density at radius 1 is 1.24 bits per heavy atom. The summed E-state index contributed by atoms with van der Waals surface area (Å²) < 4.78 is 8.95. The first-order valence-corrected chi connectivity index (χ1v) is 9.37. The highest BCUT2D eigenvalue weighted by Crippen LogP contribution is 2.28. The minimum Gasteiger partial charge on any atom is -0.356 e. The van der Waals surface area contributed by atoms with Crippen LogP contribution in [0.1, 0.15) is 23.2 Å². The summed E-state index contributed by atoms with van der Waals surface area (Å²) in [4.78, 5) is 4.47. The Bertz CT molecular complexity index is 1040. The molecular weight excluding hydrogens is 334 g/mol. The molecule has 0 spiro atoms. The molecule has 3 heterocycles. The highest BCUT2D eigenvalue weighted by atomic mass is 32.2. The maximum absolute atomic E-state index is 5.36. The predicted molar refractivity (Wildman–Crippen MR) is 98.1 cm³/mol. The summed E-state index contributed by atoms with van der Waals surface area (Å²) in [6.45, 7) is 0. The molecule has 7 heteroatoms. The van der Waals surface area contributed by atoms with Crippen LogP contribution >= 0.6 is 11.9 Å². The fourth-order valence-electron chi connectivity index (χ4n) is 3.52. The van der Waals surface area contributed by atoms with E-state index in [9.17, 15) is 0 Å². The van der Waals surface area contributed by atoms with Gasteiger partial charge in [-0.05, 0) is 42.5 Å². The lowest BCUT2D eigenvalue weighted by molar-refractivity contribution is 0.449. The molecule has 1 unspecified atom stereocenters. The second-order valence-corrected chi connectivity index (χ2v) is 7.18. The predicted octanol–water partition coefficient (Wildman–Crippen LogP) is 3.39. The molecule has 4 aromatic rings. The zero-order valence-electron chi connectivity index (χ0n) is 13.5. The topological polar surface area (TPSA) is 79.6 Å². The normalized spacial score (nSPS) is 17.2. The third-order valence-corrected chi connectivity index (χ3v) is 5.72. The SMILES string of the molecule is c1ccc2c(CSNC3CCc4c(cnc5[nH]ncc45)C3)noc2c1. The molecule has 5 rings (SSSR count). The van der Waals surface area contributed by atoms with Crippen LogP contribution in [0.2, 0.25) is 0 Å². The lowest BCUT2D eigenvalue weighted by Gasteiger charge is -2.25. The molecule has 0 saturated heterocycles. The number of aromatic nitrogens is 4. The summed E-state index contributed by atoms with van der Waals surface area (Å²) in [5.74, 6) is 0.791. The Morgan fingerprint density at radius 3 is 3.20 bits per heavy atom. The van der Waals surface area contributed by atoms with Gasteiger partial charge in [0, 0.05) is 23.0 Å². The lowest BCUT2D eigenvalue weighted by atomic mass is 9.88. The minimum atomic E-state index is 0.446. The molecule has 1 aromatic carbocycles. The zero-order valence-corrected chi connectivity index (χ0v) is 14.3. The molecule has 0 radical (unpaired) electrons. The molecule has 1 aliphatic carbocycles. The molecule has 6 nitrogen and oxygen atoms in total. The summed E-state index contributed by atoms with van der Waals surface area (Å²) >= 11 is 1.70. The number of aryl methyl sites for hydroxylation is 1. The maximum Gasteiger partial charge on any atom is 0.167 e. The van der Waals surface area contributed by atoms with Crippen molar-refractivity contribution in [3.05, 3.63) is 53.5 Å². The monoisotopic (exact) mass is 351 g/mol. The number of pyridine rings is 1. The third kappa shape index (κ3) is 2.69. The molecular formula is C18H17N5OS. The van der Waals surface area contributed by atoms with Crippen LogP contribution in [0.4, 0.5) is 0 Å². The maximum atomic E-state index is 5.36. The van der Waals surface area contributed by atoms with E-state index < -0.39 is 0 Å². The molecule has 1 atom stereocenters. The van der Waals surface area contributed by atoms with E-state index in [1.54, 1.807) is 11.9 Å². The van der Waals surface area contributed by atoms with Crippen LogP contribution in [0.25, 0.3) is 22.0 Å². The Morgan fingerprint density at radius 2 is 2.20 bits per heavy atom. The second kappa shape index (κ2) is 6.16. The Labute approximate surface area is 148 Å². The fourth-order valence-corrected chi connectivity index (χ4v) is 4.38. The van der Waals surface area contributed by atoms with Crippen molar-refractivity contribution >= 4 is 34.0 Å². The van der Waals surface area contributed by atoms with Gasteiger partial charge in [0.05, 0.1) is 11.9 Å². The number of nitrogens with one attached hydrogen (secondary N) is 2. The molecule has 0 fully saturated rings. The van der Waals surface area contributed by atoms with Crippen molar-refractivity contribution in [3.8, 4) is 0 Å². The van der Waals surface area contributed by atoms with Gasteiger partial charge in [-0.2, -0.15) is 5.10 Å². The van der Waals surface area contributed by atoms with Gasteiger partial charge < -0.3 is 4.52 Å². The van der Waals surface area contributed by atoms with E-state index in [1.807, 2.05) is 30.6 Å². The van der Waals surface area contributed by atoms with E-state index in [-0.39, 0.29) is 0 Å². The number of aromatic amines is 1. The Hall–Kier alpha value is -2.38. The van der Waals surface area contributed by atoms with Gasteiger partial charge in [-0.15, -0.1) is 0 Å². The van der Waals surface area contributed by atoms with E-state index in [2.05, 4.69) is 31.1 Å². The molecule has 0 amide bonds. The van der Waals surface area contributed by atoms with Crippen LogP contribution in [0.15, 0.2) is 41.2 Å². The first-order chi connectivity index (χ1) is 12.4. The number of nitrogens with zero attached hydrogens (tertiary/aromatic N) is 3. The van der Waals surface area contributed by atoms with E-state index in [4.69, 9.17) is 4.52 Å². The van der Waals surface area contributed by atoms with Gasteiger partial charge >= 0.3 is 0 Å². The number of hydrogen-bond donors (Lipinski definition) is 2. The first-order valence-electron chi connectivity index (χ1n) is 8.39. The van der Waals surface area contributed by atoms with Crippen LogP contribution in [0.3, 0.4) is 0 Å². The summed E-state index contributed by atoms with van der Waals surface area (Å²) in [6, 6.07) is 8.43. The van der Waals surface area contributed by atoms with Crippen molar-refractivity contribution in [3.63, 3.8) is 0 Å². The molecule has 2 N–H and O–H groups in total. The number of hydrogen-bond acceptors (Lipinski definition) is 6. The van der Waals surface area contributed by atoms with E-state index in [0.717, 1.165) is 52.7 Å². The van der Waals surface area contributed by atoms with Gasteiger partial charge in [-0.3, -0.25) is 9.82 Å². The van der Waals surface area contributed by atoms with Crippen LogP contribution in [-0.4, -0.2) is 26.4 Å². The quantitative estimate of drug-likeness (QED) is 0.549. The molecule has 0 saturated carbocycles. The van der Waals surface area contributed by atoms with Gasteiger partial charge in [0.15, 0.2) is 11.2 Å². The highest BCUT2D eigenvalue weighted by molar-refractivity contribution is 7.96. The third-order valence-electron chi connectivity index (χ3n) is 4.80. The van der Waals surface area contributed by atoms with Crippen molar-refractivity contribution in [1.82, 2.24) is 25.1 Å². The van der Waals surface area contributed by atoms with Gasteiger partial charge in [0.2, 0.25) is 0 Å². The van der Waals surface area contributed by atoms with Crippen molar-refractivity contribution in [2.45, 2.75) is 31.1 Å². The molecule has 126 valence electrons. The van der Waals surface area contributed by atoms with Crippen LogP contribution < -0.4 is 4.72 Å². The average molecular weight is 351 g/mol. The standard InChI is InChI=1S/C18H17N5OS/c1-2-4-17-14(3-1)16(22-24-17)10-25-23-12-5-6-13-11(7-12)8-19-18-15(13)9-20-21-18/h1-4,8-9,12,23H,5-7,10H2,(H,19,20,21). The molecule has 3 aromatic heterocycles. The van der Waals surface area contributed by atoms with Crippen LogP contribution in [0, 0.1) is 0 Å². The highest BCUT2D eigenvalue weighted by Gasteiger charge is 2.21. The number of H-pyrrole nitrogens is 1. The zero-order chi connectivity index (χ0) is 16.6. The summed E-state index contributed by atoms with van der Waals surface area (Å²) in [6.07, 6.45) is 7.04. The smallest absolute Gasteiger partial charge is 0.167 e. The van der Waals surface area contributed by atoms with E-state index in [0.29, 0.717) is 6.04 Å². The molecule has 0 bridgehead atoms. The van der Waals surface area contributed by atoms with Gasteiger partial charge in [0.1, 0.15) is 5.69 Å². The number of fused-ring (bicyclic) bond motifs is 4. The summed E-state index contributed by atoms with van der Waals surface area (Å²) in [7, 11) is 0. The van der Waals surface area contributed by atoms with Crippen molar-refractivity contribution in [2.75, 3.05) is 0 Å². The van der Waals surface area contributed by atoms with Crippen molar-refractivity contribution in [2.24, 2.45) is 0 Å². The van der Waals surface area contributed by atoms with Crippen LogP contribution in [-0.2, 0) is 18.6 Å². The van der Waals surface area contributed by atoms with Crippen molar-refractivity contribution < 1.29 is 4.52 Å². The Balaban J connectivity index is 1.25. The van der Waals surface area contributed by atoms with E-state index in [1.165, 1.54) is 11.1 Å². The van der Waals surface area contributed by atoms with Crippen molar-refractivity contribution in [1.29, 1.82) is 0 Å². The summed E-state index contributed by atoms with van der Waals surface area (Å²) in [5, 5.41) is 13.5. The largest absolute Gasteiger partial charge is 0.356 e. The molecule has 1 aliphatic rings. The minimum absolute atomic E-state index is 0.446. The van der Waals surface area contributed by atoms with Crippen LogP contribution in [0.5, 0.6) is 0 Å². The van der Waals surface area contributed by atoms with Gasteiger partial charge in [0.25, 0.3) is 0 Å². The number of para-hydroxylation sites is 1. The fraction of sp³-hybridized carbons (Fsp3) is 0.278. The van der Waals surface area contributed by atoms with Gasteiger partial charge in [-0.1, -0.05) is 29.2 Å². The first kappa shape index (κ1) is 14.9.